The molecule has 0 aliphatic rings. The molecule has 3 N–H and O–H groups in total. The van der Waals surface area contributed by atoms with Crippen molar-refractivity contribution in [1.82, 2.24) is 10.6 Å². The van der Waals surface area contributed by atoms with Crippen LogP contribution in [-0.4, -0.2) is 36.0 Å². The second-order valence-electron chi connectivity index (χ2n) is 6.18. The summed E-state index contributed by atoms with van der Waals surface area (Å²) < 4.78 is 5.19. The van der Waals surface area contributed by atoms with Crippen LogP contribution in [0.2, 0.25) is 0 Å². The van der Waals surface area contributed by atoms with Crippen molar-refractivity contribution in [3.05, 3.63) is 51.7 Å². The summed E-state index contributed by atoms with van der Waals surface area (Å²) in [6, 6.07) is 9.21. The number of amides is 2. The van der Waals surface area contributed by atoms with Gasteiger partial charge in [0.05, 0.1) is 19.2 Å². The van der Waals surface area contributed by atoms with Crippen molar-refractivity contribution in [1.29, 1.82) is 0 Å². The van der Waals surface area contributed by atoms with E-state index in [-0.39, 0.29) is 23.2 Å². The molecule has 0 radical (unpaired) electrons. The second kappa shape index (κ2) is 9.18. The summed E-state index contributed by atoms with van der Waals surface area (Å²) in [5.74, 6) is -1.44. The first kappa shape index (κ1) is 20.4. The fraction of sp³-hybridized carbons (Fsp3) is 0.316. The normalized spacial score (nSPS) is 11.7. The van der Waals surface area contributed by atoms with Gasteiger partial charge in [-0.1, -0.05) is 26.0 Å². The molecule has 2 amide bonds. The van der Waals surface area contributed by atoms with Crippen molar-refractivity contribution in [3.8, 4) is 5.75 Å². The van der Waals surface area contributed by atoms with Crippen molar-refractivity contribution in [2.24, 2.45) is 5.92 Å². The molecule has 0 saturated carbocycles. The molecule has 1 aromatic heterocycles. The van der Waals surface area contributed by atoms with Gasteiger partial charge in [0, 0.05) is 4.88 Å². The van der Waals surface area contributed by atoms with Gasteiger partial charge in [-0.05, 0) is 30.2 Å². The number of hydrogen-bond donors (Lipinski definition) is 3. The van der Waals surface area contributed by atoms with E-state index in [0.717, 1.165) is 16.2 Å². The van der Waals surface area contributed by atoms with Gasteiger partial charge in [0.1, 0.15) is 16.7 Å². The van der Waals surface area contributed by atoms with Crippen LogP contribution in [0, 0.1) is 5.92 Å². The van der Waals surface area contributed by atoms with Crippen molar-refractivity contribution < 1.29 is 24.2 Å². The van der Waals surface area contributed by atoms with E-state index in [1.165, 1.54) is 13.2 Å². The van der Waals surface area contributed by atoms with Crippen molar-refractivity contribution in [2.75, 3.05) is 7.11 Å². The minimum absolute atomic E-state index is 0.137. The Labute approximate surface area is 161 Å². The van der Waals surface area contributed by atoms with Crippen LogP contribution in [0.5, 0.6) is 5.75 Å². The molecule has 1 heterocycles. The summed E-state index contributed by atoms with van der Waals surface area (Å²) in [6.07, 6.45) is 0. The number of nitrogens with one attached hydrogen (secondary N) is 2. The zero-order valence-electron chi connectivity index (χ0n) is 15.3. The number of benzene rings is 1. The van der Waals surface area contributed by atoms with Gasteiger partial charge in [-0.15, -0.1) is 11.3 Å². The predicted octanol–water partition coefficient (Wildman–Crippen LogP) is 2.53. The molecular weight excluding hydrogens is 368 g/mol. The van der Waals surface area contributed by atoms with Crippen LogP contribution in [0.3, 0.4) is 0 Å². The smallest absolute Gasteiger partial charge is 0.345 e. The molecule has 7 nitrogen and oxygen atoms in total. The Morgan fingerprint density at radius 1 is 1.15 bits per heavy atom. The van der Waals surface area contributed by atoms with E-state index in [2.05, 4.69) is 10.6 Å². The molecular formula is C19H22N2O5S. The molecule has 0 aliphatic carbocycles. The fourth-order valence-corrected chi connectivity index (χ4v) is 3.24. The lowest BCUT2D eigenvalue weighted by Gasteiger charge is -2.22. The van der Waals surface area contributed by atoms with Gasteiger partial charge in [0.25, 0.3) is 5.91 Å². The van der Waals surface area contributed by atoms with Crippen LogP contribution in [0.1, 0.15) is 38.8 Å². The Kier molecular flexibility index (Phi) is 6.95. The van der Waals surface area contributed by atoms with Crippen LogP contribution >= 0.6 is 11.3 Å². The molecule has 8 heteroatoms. The molecule has 0 aliphatic heterocycles. The Morgan fingerprint density at radius 2 is 1.85 bits per heavy atom. The molecule has 144 valence electrons. The largest absolute Gasteiger partial charge is 0.496 e. The van der Waals surface area contributed by atoms with Crippen LogP contribution in [-0.2, 0) is 11.3 Å². The highest BCUT2D eigenvalue weighted by molar-refractivity contribution is 7.13. The lowest BCUT2D eigenvalue weighted by molar-refractivity contribution is -0.124. The average molecular weight is 390 g/mol. The van der Waals surface area contributed by atoms with Crippen LogP contribution in [0.15, 0.2) is 36.4 Å². The molecule has 0 fully saturated rings. The summed E-state index contributed by atoms with van der Waals surface area (Å²) in [6.45, 7) is 3.87. The summed E-state index contributed by atoms with van der Waals surface area (Å²) in [5, 5.41) is 14.4. The molecule has 1 atom stereocenters. The molecule has 27 heavy (non-hydrogen) atoms. The van der Waals surface area contributed by atoms with Gasteiger partial charge in [-0.3, -0.25) is 9.59 Å². The zero-order valence-corrected chi connectivity index (χ0v) is 16.1. The molecule has 0 bridgehead atoms. The number of carboxylic acids is 1. The highest BCUT2D eigenvalue weighted by Crippen LogP contribution is 2.18. The van der Waals surface area contributed by atoms with Gasteiger partial charge < -0.3 is 20.5 Å². The van der Waals surface area contributed by atoms with Gasteiger partial charge in [0.2, 0.25) is 5.91 Å². The highest BCUT2D eigenvalue weighted by Gasteiger charge is 2.25. The molecule has 1 aromatic carbocycles. The van der Waals surface area contributed by atoms with Crippen LogP contribution < -0.4 is 15.4 Å². The second-order valence-corrected chi connectivity index (χ2v) is 7.35. The van der Waals surface area contributed by atoms with E-state index in [0.29, 0.717) is 11.3 Å². The van der Waals surface area contributed by atoms with E-state index in [1.54, 1.807) is 30.3 Å². The Bertz CT molecular complexity index is 831. The number of para-hydroxylation sites is 1. The minimum Gasteiger partial charge on any atom is -0.496 e. The third-order valence-corrected chi connectivity index (χ3v) is 4.97. The van der Waals surface area contributed by atoms with Crippen LogP contribution in [0.4, 0.5) is 0 Å². The van der Waals surface area contributed by atoms with Gasteiger partial charge in [-0.25, -0.2) is 4.79 Å². The number of ether oxygens (including phenoxy) is 1. The standard InChI is InChI=1S/C19H22N2O5S/c1-11(2)16(21-17(22)13-6-4-5-7-14(13)26-3)18(23)20-10-12-8-9-15(27-12)19(24)25/h4-9,11,16H,10H2,1-3H3,(H,20,23)(H,21,22)(H,24,25). The lowest BCUT2D eigenvalue weighted by Crippen LogP contribution is -2.49. The van der Waals surface area contributed by atoms with E-state index in [1.807, 2.05) is 13.8 Å². The highest BCUT2D eigenvalue weighted by atomic mass is 32.1. The predicted molar refractivity (Wildman–Crippen MR) is 102 cm³/mol. The third kappa shape index (κ3) is 5.30. The maximum absolute atomic E-state index is 12.6. The topological polar surface area (TPSA) is 105 Å². The van der Waals surface area contributed by atoms with Crippen molar-refractivity contribution >= 4 is 29.1 Å². The first-order chi connectivity index (χ1) is 12.8. The van der Waals surface area contributed by atoms with E-state index >= 15 is 0 Å². The quantitative estimate of drug-likeness (QED) is 0.642. The maximum atomic E-state index is 12.6. The molecule has 0 saturated heterocycles. The summed E-state index contributed by atoms with van der Waals surface area (Å²) >= 11 is 1.10. The number of carbonyl (C=O) groups is 3. The fourth-order valence-electron chi connectivity index (χ4n) is 2.46. The van der Waals surface area contributed by atoms with E-state index < -0.39 is 17.9 Å². The molecule has 2 rings (SSSR count). The van der Waals surface area contributed by atoms with Gasteiger partial charge >= 0.3 is 5.97 Å². The minimum atomic E-state index is -0.998. The Balaban J connectivity index is 2.03. The number of hydrogen-bond acceptors (Lipinski definition) is 5. The monoisotopic (exact) mass is 390 g/mol. The lowest BCUT2D eigenvalue weighted by atomic mass is 10.0. The Hall–Kier alpha value is -2.87. The van der Waals surface area contributed by atoms with E-state index in [4.69, 9.17) is 9.84 Å². The van der Waals surface area contributed by atoms with Gasteiger partial charge in [0.15, 0.2) is 0 Å². The zero-order chi connectivity index (χ0) is 20.0. The SMILES string of the molecule is COc1ccccc1C(=O)NC(C(=O)NCc1ccc(C(=O)O)s1)C(C)C. The van der Waals surface area contributed by atoms with E-state index in [9.17, 15) is 14.4 Å². The van der Waals surface area contributed by atoms with Gasteiger partial charge in [-0.2, -0.15) is 0 Å². The Morgan fingerprint density at radius 3 is 2.44 bits per heavy atom. The summed E-state index contributed by atoms with van der Waals surface area (Å²) in [7, 11) is 1.48. The summed E-state index contributed by atoms with van der Waals surface area (Å²) in [5.41, 5.74) is 0.350. The molecule has 1 unspecified atom stereocenters. The van der Waals surface area contributed by atoms with Crippen molar-refractivity contribution in [2.45, 2.75) is 26.4 Å². The summed E-state index contributed by atoms with van der Waals surface area (Å²) in [4.78, 5) is 37.0. The molecule has 0 spiro atoms. The first-order valence-electron chi connectivity index (χ1n) is 8.37. The number of methoxy groups -OCH3 is 1. The van der Waals surface area contributed by atoms with Crippen molar-refractivity contribution in [3.63, 3.8) is 0 Å². The number of thiophene rings is 1. The number of aromatic carboxylic acids is 1. The van der Waals surface area contributed by atoms with Crippen LogP contribution in [0.25, 0.3) is 0 Å². The molecule has 2 aromatic rings. The number of carbonyl (C=O) groups excluding carboxylic acids is 2. The number of carboxylic acid groups (broad SMARTS) is 1. The third-order valence-electron chi connectivity index (χ3n) is 3.90. The maximum Gasteiger partial charge on any atom is 0.345 e. The number of rotatable bonds is 8. The average Bonchev–Trinajstić information content (AvgIpc) is 3.13. The first-order valence-corrected chi connectivity index (χ1v) is 9.18.